The van der Waals surface area contributed by atoms with Crippen molar-refractivity contribution in [3.05, 3.63) is 52.8 Å². The van der Waals surface area contributed by atoms with Crippen molar-refractivity contribution in [2.45, 2.75) is 13.1 Å². The molecule has 0 unspecified atom stereocenters. The zero-order valence-electron chi connectivity index (χ0n) is 13.0. The Morgan fingerprint density at radius 2 is 2.18 bits per heavy atom. The summed E-state index contributed by atoms with van der Waals surface area (Å²) in [5.74, 6) is 0.830. The number of benzene rings is 1. The Morgan fingerprint density at radius 3 is 2.77 bits per heavy atom. The number of hydrogen-bond acceptors (Lipinski definition) is 2. The average molecular weight is 434 g/mol. The quantitative estimate of drug-likeness (QED) is 0.458. The van der Waals surface area contributed by atoms with Crippen LogP contribution in [0.15, 0.2) is 41.5 Å². The van der Waals surface area contributed by atoms with Gasteiger partial charge in [0.05, 0.1) is 12.2 Å². The van der Waals surface area contributed by atoms with Gasteiger partial charge in [-0.05, 0) is 23.8 Å². The van der Waals surface area contributed by atoms with E-state index in [0.29, 0.717) is 6.54 Å². The third-order valence-electron chi connectivity index (χ3n) is 3.23. The number of nitrogens with one attached hydrogen (secondary N) is 1. The number of aromatic nitrogens is 2. The van der Waals surface area contributed by atoms with E-state index in [2.05, 4.69) is 26.4 Å². The van der Waals surface area contributed by atoms with Gasteiger partial charge in [-0.3, -0.25) is 9.67 Å². The van der Waals surface area contributed by atoms with Crippen molar-refractivity contribution in [2.24, 2.45) is 12.0 Å². The molecule has 0 aliphatic heterocycles. The van der Waals surface area contributed by atoms with Crippen LogP contribution in [0.2, 0.25) is 5.02 Å². The molecule has 0 aliphatic rings. The number of aliphatic imine (C=N–C) groups is 1. The summed E-state index contributed by atoms with van der Waals surface area (Å²) in [6.07, 6.45) is 1.79. The second kappa shape index (κ2) is 8.99. The molecule has 0 fully saturated rings. The van der Waals surface area contributed by atoms with Crippen molar-refractivity contribution in [1.82, 2.24) is 20.0 Å². The summed E-state index contributed by atoms with van der Waals surface area (Å²) in [6, 6.07) is 9.83. The van der Waals surface area contributed by atoms with Crippen LogP contribution in [0.4, 0.5) is 0 Å². The molecule has 0 spiro atoms. The molecule has 7 heteroatoms. The van der Waals surface area contributed by atoms with E-state index in [-0.39, 0.29) is 24.0 Å². The molecule has 0 amide bonds. The lowest BCUT2D eigenvalue weighted by Crippen LogP contribution is -2.38. The molecule has 120 valence electrons. The standard InChI is InChI=1S/C15H20ClN5.HI/c1-17-15(18-10-14-7-8-19-21(14)3)20(2)11-12-5-4-6-13(16)9-12;/h4-9H,10-11H2,1-3H3,(H,17,18);1H. The number of hydrogen-bond donors (Lipinski definition) is 1. The molecule has 1 N–H and O–H groups in total. The summed E-state index contributed by atoms with van der Waals surface area (Å²) < 4.78 is 1.84. The van der Waals surface area contributed by atoms with Crippen molar-refractivity contribution in [3.63, 3.8) is 0 Å². The lowest BCUT2D eigenvalue weighted by atomic mass is 10.2. The van der Waals surface area contributed by atoms with Gasteiger partial charge in [0.25, 0.3) is 0 Å². The molecule has 22 heavy (non-hydrogen) atoms. The molecule has 2 aromatic rings. The van der Waals surface area contributed by atoms with Gasteiger partial charge in [0.2, 0.25) is 0 Å². The highest BCUT2D eigenvalue weighted by atomic mass is 127. The van der Waals surface area contributed by atoms with E-state index in [1.54, 1.807) is 13.2 Å². The zero-order valence-corrected chi connectivity index (χ0v) is 16.0. The van der Waals surface area contributed by atoms with Gasteiger partial charge in [-0.2, -0.15) is 5.10 Å². The Balaban J connectivity index is 0.00000242. The van der Waals surface area contributed by atoms with Crippen LogP contribution in [0.5, 0.6) is 0 Å². The maximum Gasteiger partial charge on any atom is 0.194 e. The Labute approximate surface area is 153 Å². The number of rotatable bonds is 4. The summed E-state index contributed by atoms with van der Waals surface area (Å²) in [5.41, 5.74) is 2.25. The Bertz CT molecular complexity index is 626. The van der Waals surface area contributed by atoms with Crippen LogP contribution in [0.1, 0.15) is 11.3 Å². The summed E-state index contributed by atoms with van der Waals surface area (Å²) in [4.78, 5) is 6.36. The molecule has 1 heterocycles. The lowest BCUT2D eigenvalue weighted by molar-refractivity contribution is 0.474. The normalized spacial score (nSPS) is 11.0. The van der Waals surface area contributed by atoms with E-state index in [4.69, 9.17) is 11.6 Å². The molecular formula is C15H21ClIN5. The van der Waals surface area contributed by atoms with Crippen molar-refractivity contribution >= 4 is 41.5 Å². The summed E-state index contributed by atoms with van der Waals surface area (Å²) >= 11 is 6.01. The average Bonchev–Trinajstić information content (AvgIpc) is 2.85. The molecule has 0 atom stereocenters. The maximum atomic E-state index is 6.01. The fourth-order valence-corrected chi connectivity index (χ4v) is 2.33. The number of aryl methyl sites for hydroxylation is 1. The first-order valence-corrected chi connectivity index (χ1v) is 7.11. The van der Waals surface area contributed by atoms with Gasteiger partial charge in [-0.1, -0.05) is 23.7 Å². The first-order chi connectivity index (χ1) is 10.1. The van der Waals surface area contributed by atoms with E-state index in [9.17, 15) is 0 Å². The minimum Gasteiger partial charge on any atom is -0.351 e. The highest BCUT2D eigenvalue weighted by Crippen LogP contribution is 2.12. The third kappa shape index (κ3) is 5.17. The molecule has 5 nitrogen and oxygen atoms in total. The van der Waals surface area contributed by atoms with Crippen LogP contribution >= 0.6 is 35.6 Å². The van der Waals surface area contributed by atoms with Crippen LogP contribution in [0.3, 0.4) is 0 Å². The fraction of sp³-hybridized carbons (Fsp3) is 0.333. The highest BCUT2D eigenvalue weighted by molar-refractivity contribution is 14.0. The molecule has 2 rings (SSSR count). The summed E-state index contributed by atoms with van der Waals surface area (Å²) in [7, 11) is 5.70. The highest BCUT2D eigenvalue weighted by Gasteiger charge is 2.08. The van der Waals surface area contributed by atoms with Crippen LogP contribution in [-0.2, 0) is 20.1 Å². The van der Waals surface area contributed by atoms with Gasteiger partial charge in [0.1, 0.15) is 0 Å². The van der Waals surface area contributed by atoms with E-state index < -0.39 is 0 Å². The van der Waals surface area contributed by atoms with Gasteiger partial charge >= 0.3 is 0 Å². The predicted molar refractivity (Wildman–Crippen MR) is 102 cm³/mol. The largest absolute Gasteiger partial charge is 0.351 e. The Morgan fingerprint density at radius 1 is 1.41 bits per heavy atom. The first kappa shape index (κ1) is 18.8. The molecule has 0 bridgehead atoms. The molecular weight excluding hydrogens is 413 g/mol. The van der Waals surface area contributed by atoms with Crippen molar-refractivity contribution in [3.8, 4) is 0 Å². The van der Waals surface area contributed by atoms with Gasteiger partial charge < -0.3 is 10.2 Å². The van der Waals surface area contributed by atoms with Crippen molar-refractivity contribution in [2.75, 3.05) is 14.1 Å². The molecule has 0 radical (unpaired) electrons. The van der Waals surface area contributed by atoms with Crippen molar-refractivity contribution < 1.29 is 0 Å². The van der Waals surface area contributed by atoms with Gasteiger partial charge in [-0.25, -0.2) is 0 Å². The second-order valence-corrected chi connectivity index (χ2v) is 5.27. The van der Waals surface area contributed by atoms with Gasteiger partial charge in [0, 0.05) is 38.9 Å². The van der Waals surface area contributed by atoms with Crippen molar-refractivity contribution in [1.29, 1.82) is 0 Å². The zero-order chi connectivity index (χ0) is 15.2. The van der Waals surface area contributed by atoms with E-state index in [0.717, 1.165) is 28.8 Å². The molecule has 1 aromatic carbocycles. The number of halogens is 2. The topological polar surface area (TPSA) is 45.5 Å². The molecule has 1 aromatic heterocycles. The van der Waals surface area contributed by atoms with Crippen LogP contribution in [0.25, 0.3) is 0 Å². The minimum absolute atomic E-state index is 0. The van der Waals surface area contributed by atoms with Crippen LogP contribution in [-0.4, -0.2) is 34.7 Å². The minimum atomic E-state index is 0. The van der Waals surface area contributed by atoms with Crippen LogP contribution in [0, 0.1) is 0 Å². The van der Waals surface area contributed by atoms with E-state index in [1.807, 2.05) is 43.0 Å². The molecule has 0 aliphatic carbocycles. The molecule has 0 saturated heterocycles. The van der Waals surface area contributed by atoms with Crippen LogP contribution < -0.4 is 5.32 Å². The SMILES string of the molecule is CN=C(NCc1ccnn1C)N(C)Cc1cccc(Cl)c1.I. The Kier molecular flexibility index (Phi) is 7.67. The fourth-order valence-electron chi connectivity index (χ4n) is 2.11. The summed E-state index contributed by atoms with van der Waals surface area (Å²) in [5, 5.41) is 8.23. The van der Waals surface area contributed by atoms with E-state index >= 15 is 0 Å². The third-order valence-corrected chi connectivity index (χ3v) is 3.47. The monoisotopic (exact) mass is 433 g/mol. The molecule has 0 saturated carbocycles. The number of nitrogens with zero attached hydrogens (tertiary/aromatic N) is 4. The number of guanidine groups is 1. The smallest absolute Gasteiger partial charge is 0.194 e. The second-order valence-electron chi connectivity index (χ2n) is 4.83. The van der Waals surface area contributed by atoms with E-state index in [1.165, 1.54) is 0 Å². The Hall–Kier alpha value is -1.28. The first-order valence-electron chi connectivity index (χ1n) is 6.73. The summed E-state index contributed by atoms with van der Waals surface area (Å²) in [6.45, 7) is 1.43. The maximum absolute atomic E-state index is 6.01. The van der Waals surface area contributed by atoms with Gasteiger partial charge in [-0.15, -0.1) is 24.0 Å². The predicted octanol–water partition coefficient (Wildman–Crippen LogP) is 2.90. The lowest BCUT2D eigenvalue weighted by Gasteiger charge is -2.22. The van der Waals surface area contributed by atoms with Gasteiger partial charge in [0.15, 0.2) is 5.96 Å².